The van der Waals surface area contributed by atoms with Crippen LogP contribution in [0.15, 0.2) is 18.2 Å². The lowest BCUT2D eigenvalue weighted by atomic mass is 10.1. The molecule has 3 N–H and O–H groups in total. The summed E-state index contributed by atoms with van der Waals surface area (Å²) in [5.41, 5.74) is 6.94. The first-order valence-electron chi connectivity index (χ1n) is 7.15. The monoisotopic (exact) mass is 295 g/mol. The van der Waals surface area contributed by atoms with Gasteiger partial charge in [-0.15, -0.1) is 0 Å². The number of benzene rings is 1. The molecular formula is C15H22ClN3O. The minimum Gasteiger partial charge on any atom is -0.397 e. The Morgan fingerprint density at radius 1 is 1.55 bits per heavy atom. The second kappa shape index (κ2) is 6.95. The largest absolute Gasteiger partial charge is 0.397 e. The third kappa shape index (κ3) is 4.12. The van der Waals surface area contributed by atoms with Gasteiger partial charge in [-0.2, -0.15) is 0 Å². The van der Waals surface area contributed by atoms with Crippen molar-refractivity contribution in [2.24, 2.45) is 5.92 Å². The first-order chi connectivity index (χ1) is 9.58. The third-order valence-corrected chi connectivity index (χ3v) is 4.13. The number of anilines is 2. The van der Waals surface area contributed by atoms with Gasteiger partial charge in [-0.1, -0.05) is 24.9 Å². The van der Waals surface area contributed by atoms with Crippen LogP contribution in [0.1, 0.15) is 26.2 Å². The van der Waals surface area contributed by atoms with Gasteiger partial charge < -0.3 is 16.0 Å². The molecule has 2 rings (SSSR count). The van der Waals surface area contributed by atoms with E-state index in [2.05, 4.69) is 17.1 Å². The number of halogens is 1. The number of nitrogens with one attached hydrogen (secondary N) is 1. The van der Waals surface area contributed by atoms with Crippen LogP contribution in [0.4, 0.5) is 11.4 Å². The zero-order valence-electron chi connectivity index (χ0n) is 11.9. The lowest BCUT2D eigenvalue weighted by Gasteiger charge is -2.15. The number of carbonyl (C=O) groups is 1. The molecule has 4 nitrogen and oxygen atoms in total. The number of carbonyl (C=O) groups excluding carboxylic acids is 1. The summed E-state index contributed by atoms with van der Waals surface area (Å²) in [5.74, 6) is 0.795. The van der Waals surface area contributed by atoms with E-state index in [1.807, 2.05) is 0 Å². The van der Waals surface area contributed by atoms with Crippen LogP contribution in [0.5, 0.6) is 0 Å². The maximum Gasteiger partial charge on any atom is 0.225 e. The molecule has 1 aromatic rings. The van der Waals surface area contributed by atoms with Gasteiger partial charge in [0.15, 0.2) is 0 Å². The standard InChI is InChI=1S/C15H22ClN3O/c1-2-11-5-7-19(10-11)8-6-15(20)18-14-4-3-12(16)9-13(14)17/h3-4,9,11H,2,5-8,10,17H2,1H3,(H,18,20). The highest BCUT2D eigenvalue weighted by Gasteiger charge is 2.21. The highest BCUT2D eigenvalue weighted by Crippen LogP contribution is 2.23. The summed E-state index contributed by atoms with van der Waals surface area (Å²) in [5, 5.41) is 3.41. The summed E-state index contributed by atoms with van der Waals surface area (Å²) in [6, 6.07) is 5.10. The molecule has 1 aromatic carbocycles. The van der Waals surface area contributed by atoms with E-state index in [0.29, 0.717) is 22.8 Å². The normalized spacial score (nSPS) is 19.2. The van der Waals surface area contributed by atoms with Crippen LogP contribution < -0.4 is 11.1 Å². The third-order valence-electron chi connectivity index (χ3n) is 3.89. The van der Waals surface area contributed by atoms with E-state index < -0.39 is 0 Å². The Bertz CT molecular complexity index is 478. The van der Waals surface area contributed by atoms with Gasteiger partial charge in [0.1, 0.15) is 0 Å². The number of amides is 1. The van der Waals surface area contributed by atoms with Crippen molar-refractivity contribution in [1.82, 2.24) is 4.90 Å². The van der Waals surface area contributed by atoms with Crippen LogP contribution in [0.25, 0.3) is 0 Å². The van der Waals surface area contributed by atoms with Crippen LogP contribution in [-0.2, 0) is 4.79 Å². The molecule has 0 radical (unpaired) electrons. The van der Waals surface area contributed by atoms with E-state index in [1.165, 1.54) is 12.8 Å². The smallest absolute Gasteiger partial charge is 0.225 e. The topological polar surface area (TPSA) is 58.4 Å². The molecule has 110 valence electrons. The van der Waals surface area contributed by atoms with Crippen molar-refractivity contribution in [1.29, 1.82) is 0 Å². The molecule has 1 saturated heterocycles. The summed E-state index contributed by atoms with van der Waals surface area (Å²) in [6.45, 7) is 5.27. The molecule has 0 bridgehead atoms. The second-order valence-corrected chi connectivity index (χ2v) is 5.83. The van der Waals surface area contributed by atoms with Gasteiger partial charge in [-0.25, -0.2) is 0 Å². The molecule has 1 atom stereocenters. The second-order valence-electron chi connectivity index (χ2n) is 5.39. The van der Waals surface area contributed by atoms with Crippen LogP contribution >= 0.6 is 11.6 Å². The molecule has 0 aliphatic carbocycles. The predicted octanol–water partition coefficient (Wildman–Crippen LogP) is 2.98. The molecule has 0 saturated carbocycles. The molecule has 1 fully saturated rings. The van der Waals surface area contributed by atoms with Crippen molar-refractivity contribution in [2.75, 3.05) is 30.7 Å². The zero-order chi connectivity index (χ0) is 14.5. The van der Waals surface area contributed by atoms with Gasteiger partial charge in [0.2, 0.25) is 5.91 Å². The molecule has 1 heterocycles. The minimum atomic E-state index is -0.000953. The number of likely N-dealkylation sites (tertiary alicyclic amines) is 1. The van der Waals surface area contributed by atoms with Crippen molar-refractivity contribution in [3.05, 3.63) is 23.2 Å². The highest BCUT2D eigenvalue weighted by atomic mass is 35.5. The zero-order valence-corrected chi connectivity index (χ0v) is 12.6. The van der Waals surface area contributed by atoms with Crippen LogP contribution in [0, 0.1) is 5.92 Å². The van der Waals surface area contributed by atoms with Gasteiger partial charge >= 0.3 is 0 Å². The first kappa shape index (κ1) is 15.1. The Morgan fingerprint density at radius 3 is 3.00 bits per heavy atom. The fourth-order valence-electron chi connectivity index (χ4n) is 2.57. The molecular weight excluding hydrogens is 274 g/mol. The molecule has 0 aromatic heterocycles. The van der Waals surface area contributed by atoms with Gasteiger partial charge in [0, 0.05) is 24.5 Å². The van der Waals surface area contributed by atoms with Crippen molar-refractivity contribution in [2.45, 2.75) is 26.2 Å². The Labute approximate surface area is 125 Å². The van der Waals surface area contributed by atoms with Crippen molar-refractivity contribution in [3.8, 4) is 0 Å². The fraction of sp³-hybridized carbons (Fsp3) is 0.533. The summed E-state index contributed by atoms with van der Waals surface area (Å²) in [6.07, 6.45) is 2.98. The number of nitrogens with two attached hydrogens (primary N) is 1. The SMILES string of the molecule is CCC1CCN(CCC(=O)Nc2ccc(Cl)cc2N)C1. The molecule has 1 aliphatic heterocycles. The van der Waals surface area contributed by atoms with Crippen molar-refractivity contribution in [3.63, 3.8) is 0 Å². The van der Waals surface area contributed by atoms with E-state index in [-0.39, 0.29) is 5.91 Å². The first-order valence-corrected chi connectivity index (χ1v) is 7.53. The van der Waals surface area contributed by atoms with Crippen molar-refractivity contribution >= 4 is 28.9 Å². The maximum absolute atomic E-state index is 11.9. The average molecular weight is 296 g/mol. The number of hydrogen-bond acceptors (Lipinski definition) is 3. The molecule has 20 heavy (non-hydrogen) atoms. The van der Waals surface area contributed by atoms with Crippen molar-refractivity contribution < 1.29 is 4.79 Å². The number of nitrogen functional groups attached to an aromatic ring is 1. The number of rotatable bonds is 5. The molecule has 1 aliphatic rings. The van der Waals surface area contributed by atoms with E-state index in [0.717, 1.165) is 25.6 Å². The summed E-state index contributed by atoms with van der Waals surface area (Å²) >= 11 is 5.83. The van der Waals surface area contributed by atoms with Gasteiger partial charge in [0.25, 0.3) is 0 Å². The van der Waals surface area contributed by atoms with E-state index in [1.54, 1.807) is 18.2 Å². The summed E-state index contributed by atoms with van der Waals surface area (Å²) in [4.78, 5) is 14.3. The fourth-order valence-corrected chi connectivity index (χ4v) is 2.75. The van der Waals surface area contributed by atoms with E-state index in [9.17, 15) is 4.79 Å². The molecule has 5 heteroatoms. The maximum atomic E-state index is 11.9. The Morgan fingerprint density at radius 2 is 2.35 bits per heavy atom. The lowest BCUT2D eigenvalue weighted by Crippen LogP contribution is -2.26. The predicted molar refractivity (Wildman–Crippen MR) is 83.9 cm³/mol. The molecule has 0 spiro atoms. The number of nitrogens with zero attached hydrogens (tertiary/aromatic N) is 1. The van der Waals surface area contributed by atoms with Gasteiger partial charge in [0.05, 0.1) is 11.4 Å². The Hall–Kier alpha value is -1.26. The summed E-state index contributed by atoms with van der Waals surface area (Å²) < 4.78 is 0. The van der Waals surface area contributed by atoms with E-state index in [4.69, 9.17) is 17.3 Å². The van der Waals surface area contributed by atoms with Crippen LogP contribution in [0.3, 0.4) is 0 Å². The summed E-state index contributed by atoms with van der Waals surface area (Å²) in [7, 11) is 0. The average Bonchev–Trinajstić information content (AvgIpc) is 2.88. The molecule has 1 unspecified atom stereocenters. The minimum absolute atomic E-state index is 0.000953. The van der Waals surface area contributed by atoms with Crippen LogP contribution in [0.2, 0.25) is 5.02 Å². The Kier molecular flexibility index (Phi) is 5.26. The van der Waals surface area contributed by atoms with Gasteiger partial charge in [-0.05, 0) is 37.1 Å². The van der Waals surface area contributed by atoms with E-state index >= 15 is 0 Å². The van der Waals surface area contributed by atoms with Gasteiger partial charge in [-0.3, -0.25) is 4.79 Å². The molecule has 1 amide bonds. The quantitative estimate of drug-likeness (QED) is 0.821. The number of hydrogen-bond donors (Lipinski definition) is 2. The lowest BCUT2D eigenvalue weighted by molar-refractivity contribution is -0.116. The highest BCUT2D eigenvalue weighted by molar-refractivity contribution is 6.31. The Balaban J connectivity index is 1.78. The van der Waals surface area contributed by atoms with Crippen LogP contribution in [-0.4, -0.2) is 30.4 Å².